The second kappa shape index (κ2) is 5.25. The normalized spacial score (nSPS) is 19.0. The van der Waals surface area contributed by atoms with Crippen LogP contribution in [0.4, 0.5) is 4.79 Å². The zero-order chi connectivity index (χ0) is 14.9. The average molecular weight is 306 g/mol. The van der Waals surface area contributed by atoms with Crippen LogP contribution >= 0.6 is 0 Å². The number of sulfone groups is 1. The Morgan fingerprint density at radius 2 is 2.05 bits per heavy atom. The maximum Gasteiger partial charge on any atom is 0.315 e. The van der Waals surface area contributed by atoms with E-state index in [-0.39, 0.29) is 12.3 Å². The smallest absolute Gasteiger partial charge is 0.315 e. The number of fused-ring (bicyclic) bond motifs is 1. The van der Waals surface area contributed by atoms with Gasteiger partial charge in [0.15, 0.2) is 9.84 Å². The fraction of sp³-hybridized carbons (Fsp3) is 0.214. The third-order valence-electron chi connectivity index (χ3n) is 3.32. The highest BCUT2D eigenvalue weighted by molar-refractivity contribution is 7.91. The second-order valence-electron chi connectivity index (χ2n) is 4.78. The van der Waals surface area contributed by atoms with Crippen molar-refractivity contribution in [3.8, 4) is 0 Å². The van der Waals surface area contributed by atoms with Crippen molar-refractivity contribution >= 4 is 15.9 Å². The lowest BCUT2D eigenvalue weighted by Gasteiger charge is -2.13. The molecule has 2 aromatic rings. The van der Waals surface area contributed by atoms with E-state index in [1.165, 1.54) is 6.26 Å². The number of urea groups is 1. The summed E-state index contributed by atoms with van der Waals surface area (Å²) in [5, 5.41) is 5.31. The lowest BCUT2D eigenvalue weighted by Crippen LogP contribution is -2.38. The van der Waals surface area contributed by atoms with E-state index in [9.17, 15) is 13.2 Å². The molecule has 1 aliphatic rings. The van der Waals surface area contributed by atoms with Crippen molar-refractivity contribution in [3.63, 3.8) is 0 Å². The first kappa shape index (κ1) is 13.7. The highest BCUT2D eigenvalue weighted by Gasteiger charge is 2.35. The molecule has 2 N–H and O–H groups in total. The lowest BCUT2D eigenvalue weighted by atomic mass is 10.1. The van der Waals surface area contributed by atoms with Crippen LogP contribution in [0.3, 0.4) is 0 Å². The van der Waals surface area contributed by atoms with E-state index in [0.29, 0.717) is 16.2 Å². The van der Waals surface area contributed by atoms with Gasteiger partial charge in [0.25, 0.3) is 0 Å². The minimum absolute atomic E-state index is 0.111. The van der Waals surface area contributed by atoms with Gasteiger partial charge in [0, 0.05) is 0 Å². The van der Waals surface area contributed by atoms with E-state index in [1.807, 2.05) is 0 Å². The van der Waals surface area contributed by atoms with Gasteiger partial charge in [0.05, 0.1) is 29.5 Å². The third-order valence-corrected chi connectivity index (χ3v) is 5.14. The van der Waals surface area contributed by atoms with E-state index < -0.39 is 21.9 Å². The number of carbonyl (C=O) groups excluding carboxylic acids is 1. The molecule has 2 heterocycles. The molecule has 2 amide bonds. The van der Waals surface area contributed by atoms with E-state index in [0.717, 1.165) is 0 Å². The van der Waals surface area contributed by atoms with Crippen LogP contribution in [-0.4, -0.2) is 20.2 Å². The van der Waals surface area contributed by atoms with Gasteiger partial charge >= 0.3 is 6.03 Å². The van der Waals surface area contributed by atoms with Crippen LogP contribution in [0.1, 0.15) is 17.4 Å². The van der Waals surface area contributed by atoms with Crippen molar-refractivity contribution in [2.45, 2.75) is 17.5 Å². The Bertz CT molecular complexity index is 753. The SMILES string of the molecule is O=C(NCc1ccco1)NC1CS(=O)(=O)c2ccccc21. The quantitative estimate of drug-likeness (QED) is 0.901. The molecule has 0 fully saturated rings. The molecule has 1 aromatic heterocycles. The van der Waals surface area contributed by atoms with Crippen LogP contribution in [0.25, 0.3) is 0 Å². The van der Waals surface area contributed by atoms with Gasteiger partial charge in [-0.2, -0.15) is 0 Å². The van der Waals surface area contributed by atoms with Crippen LogP contribution < -0.4 is 10.6 Å². The number of benzene rings is 1. The monoisotopic (exact) mass is 306 g/mol. The molecule has 1 aromatic carbocycles. The summed E-state index contributed by atoms with van der Waals surface area (Å²) < 4.78 is 29.1. The lowest BCUT2D eigenvalue weighted by molar-refractivity contribution is 0.236. The van der Waals surface area contributed by atoms with Gasteiger partial charge in [-0.15, -0.1) is 0 Å². The summed E-state index contributed by atoms with van der Waals surface area (Å²) in [5.41, 5.74) is 0.630. The van der Waals surface area contributed by atoms with Crippen LogP contribution in [0.15, 0.2) is 52.0 Å². The Morgan fingerprint density at radius 1 is 1.24 bits per heavy atom. The topological polar surface area (TPSA) is 88.4 Å². The van der Waals surface area contributed by atoms with E-state index in [2.05, 4.69) is 10.6 Å². The van der Waals surface area contributed by atoms with Crippen LogP contribution in [-0.2, 0) is 16.4 Å². The standard InChI is InChI=1S/C14H14N2O4S/c17-14(15-8-10-4-3-7-20-10)16-12-9-21(18,19)13-6-2-1-5-11(12)13/h1-7,12H,8-9H2,(H2,15,16,17). The minimum Gasteiger partial charge on any atom is -0.467 e. The highest BCUT2D eigenvalue weighted by atomic mass is 32.2. The number of carbonyl (C=O) groups is 1. The molecule has 21 heavy (non-hydrogen) atoms. The van der Waals surface area contributed by atoms with Gasteiger partial charge in [-0.25, -0.2) is 13.2 Å². The summed E-state index contributed by atoms with van der Waals surface area (Å²) in [6, 6.07) is 9.24. The average Bonchev–Trinajstić information content (AvgIpc) is 3.05. The van der Waals surface area contributed by atoms with Crippen molar-refractivity contribution in [1.82, 2.24) is 10.6 Å². The largest absolute Gasteiger partial charge is 0.467 e. The van der Waals surface area contributed by atoms with Crippen molar-refractivity contribution < 1.29 is 17.6 Å². The van der Waals surface area contributed by atoms with Crippen molar-refractivity contribution in [3.05, 3.63) is 54.0 Å². The number of hydrogen-bond acceptors (Lipinski definition) is 4. The number of furan rings is 1. The van der Waals surface area contributed by atoms with Gasteiger partial charge in [0.2, 0.25) is 0 Å². The second-order valence-corrected chi connectivity index (χ2v) is 6.78. The molecule has 3 rings (SSSR count). The van der Waals surface area contributed by atoms with Crippen molar-refractivity contribution in [2.75, 3.05) is 5.75 Å². The first-order valence-electron chi connectivity index (χ1n) is 6.45. The molecular weight excluding hydrogens is 292 g/mol. The molecular formula is C14H14N2O4S. The maximum atomic E-state index is 12.0. The van der Waals surface area contributed by atoms with Gasteiger partial charge < -0.3 is 15.1 Å². The Morgan fingerprint density at radius 3 is 2.81 bits per heavy atom. The van der Waals surface area contributed by atoms with E-state index in [1.54, 1.807) is 36.4 Å². The predicted molar refractivity (Wildman–Crippen MR) is 75.3 cm³/mol. The highest BCUT2D eigenvalue weighted by Crippen LogP contribution is 2.32. The summed E-state index contributed by atoms with van der Waals surface area (Å²) in [5.74, 6) is 0.519. The first-order valence-corrected chi connectivity index (χ1v) is 8.10. The molecule has 0 spiro atoms. The zero-order valence-corrected chi connectivity index (χ0v) is 11.9. The molecule has 7 heteroatoms. The van der Waals surface area contributed by atoms with Gasteiger partial charge in [-0.05, 0) is 23.8 Å². The predicted octanol–water partition coefficient (Wildman–Crippen LogP) is 1.61. The molecule has 0 bridgehead atoms. The molecule has 1 atom stereocenters. The number of rotatable bonds is 3. The summed E-state index contributed by atoms with van der Waals surface area (Å²) in [6.07, 6.45) is 1.52. The van der Waals surface area contributed by atoms with Gasteiger partial charge in [0.1, 0.15) is 5.76 Å². The van der Waals surface area contributed by atoms with Gasteiger partial charge in [-0.3, -0.25) is 0 Å². The fourth-order valence-electron chi connectivity index (χ4n) is 2.36. The Labute approximate surface area is 122 Å². The van der Waals surface area contributed by atoms with E-state index in [4.69, 9.17) is 4.42 Å². The first-order chi connectivity index (χ1) is 10.1. The molecule has 0 saturated heterocycles. The summed E-state index contributed by atoms with van der Waals surface area (Å²) >= 11 is 0. The molecule has 0 aliphatic carbocycles. The fourth-order valence-corrected chi connectivity index (χ4v) is 4.10. The van der Waals surface area contributed by atoms with Crippen LogP contribution in [0.5, 0.6) is 0 Å². The number of hydrogen-bond donors (Lipinski definition) is 2. The Hall–Kier alpha value is -2.28. The minimum atomic E-state index is -3.32. The molecule has 1 unspecified atom stereocenters. The molecule has 1 aliphatic heterocycles. The van der Waals surface area contributed by atoms with Crippen molar-refractivity contribution in [1.29, 1.82) is 0 Å². The van der Waals surface area contributed by atoms with Crippen LogP contribution in [0, 0.1) is 0 Å². The van der Waals surface area contributed by atoms with E-state index >= 15 is 0 Å². The molecule has 6 nitrogen and oxygen atoms in total. The number of amides is 2. The summed E-state index contributed by atoms with van der Waals surface area (Å²) in [4.78, 5) is 12.1. The molecule has 0 saturated carbocycles. The van der Waals surface area contributed by atoms with Gasteiger partial charge in [-0.1, -0.05) is 18.2 Å². The Balaban J connectivity index is 1.67. The third kappa shape index (κ3) is 2.78. The number of nitrogens with one attached hydrogen (secondary N) is 2. The molecule has 0 radical (unpaired) electrons. The van der Waals surface area contributed by atoms with Crippen LogP contribution in [0.2, 0.25) is 0 Å². The summed E-state index contributed by atoms with van der Waals surface area (Å²) in [7, 11) is -3.32. The summed E-state index contributed by atoms with van der Waals surface area (Å²) in [6.45, 7) is 0.250. The zero-order valence-electron chi connectivity index (χ0n) is 11.1. The maximum absolute atomic E-state index is 12.0. The Kier molecular flexibility index (Phi) is 3.42. The molecule has 110 valence electrons. The van der Waals surface area contributed by atoms with Crippen molar-refractivity contribution in [2.24, 2.45) is 0 Å².